The van der Waals surface area contributed by atoms with Gasteiger partial charge in [0.25, 0.3) is 5.56 Å². The minimum atomic E-state index is 0.0392. The van der Waals surface area contributed by atoms with E-state index in [0.29, 0.717) is 5.92 Å². The number of rotatable bonds is 3. The number of aryl methyl sites for hydroxylation is 1. The van der Waals surface area contributed by atoms with Crippen molar-refractivity contribution >= 4 is 5.82 Å². The zero-order valence-electron chi connectivity index (χ0n) is 13.9. The van der Waals surface area contributed by atoms with E-state index in [4.69, 9.17) is 0 Å². The van der Waals surface area contributed by atoms with Crippen LogP contribution >= 0.6 is 0 Å². The molecule has 0 spiro atoms. The quantitative estimate of drug-likeness (QED) is 0.861. The first-order valence-corrected chi connectivity index (χ1v) is 8.89. The summed E-state index contributed by atoms with van der Waals surface area (Å²) >= 11 is 0. The molecule has 24 heavy (non-hydrogen) atoms. The summed E-state index contributed by atoms with van der Waals surface area (Å²) in [6.45, 7) is 2.77. The summed E-state index contributed by atoms with van der Waals surface area (Å²) < 4.78 is 1.73. The van der Waals surface area contributed by atoms with Gasteiger partial charge in [0.2, 0.25) is 0 Å². The highest BCUT2D eigenvalue weighted by molar-refractivity contribution is 5.49. The monoisotopic (exact) mass is 325 g/mol. The highest BCUT2D eigenvalue weighted by Crippen LogP contribution is 2.30. The smallest absolute Gasteiger partial charge is 0.253 e. The molecule has 1 aliphatic carbocycles. The average molecular weight is 325 g/mol. The van der Waals surface area contributed by atoms with E-state index in [1.54, 1.807) is 23.4 Å². The minimum Gasteiger partial charge on any atom is -0.356 e. The molecule has 1 fully saturated rings. The molecule has 0 atom stereocenters. The van der Waals surface area contributed by atoms with Gasteiger partial charge in [-0.15, -0.1) is 0 Å². The Morgan fingerprint density at radius 2 is 1.96 bits per heavy atom. The Morgan fingerprint density at radius 1 is 1.12 bits per heavy atom. The lowest BCUT2D eigenvalue weighted by atomic mass is 9.93. The zero-order valence-corrected chi connectivity index (χ0v) is 13.9. The van der Waals surface area contributed by atoms with Gasteiger partial charge in [-0.1, -0.05) is 0 Å². The molecule has 1 aliphatic heterocycles. The third kappa shape index (κ3) is 3.05. The molecule has 0 N–H and O–H groups in total. The number of hydrogen-bond acceptors (Lipinski definition) is 5. The predicted molar refractivity (Wildman–Crippen MR) is 92.1 cm³/mol. The lowest BCUT2D eigenvalue weighted by Gasteiger charge is -2.34. The fourth-order valence-corrected chi connectivity index (χ4v) is 3.90. The lowest BCUT2D eigenvalue weighted by molar-refractivity contribution is 0.349. The van der Waals surface area contributed by atoms with Gasteiger partial charge in [0.05, 0.1) is 6.33 Å². The molecule has 126 valence electrons. The van der Waals surface area contributed by atoms with E-state index in [1.165, 1.54) is 30.2 Å². The Labute approximate surface area is 141 Å². The molecule has 0 amide bonds. The van der Waals surface area contributed by atoms with Gasteiger partial charge in [0, 0.05) is 43.2 Å². The molecule has 0 aromatic carbocycles. The highest BCUT2D eigenvalue weighted by Gasteiger charge is 2.24. The third-order valence-electron chi connectivity index (χ3n) is 5.26. The van der Waals surface area contributed by atoms with Crippen LogP contribution in [0.15, 0.2) is 29.7 Å². The average Bonchev–Trinajstić information content (AvgIpc) is 2.64. The van der Waals surface area contributed by atoms with Gasteiger partial charge in [-0.05, 0) is 44.4 Å². The van der Waals surface area contributed by atoms with Crippen LogP contribution in [-0.4, -0.2) is 32.6 Å². The van der Waals surface area contributed by atoms with Crippen molar-refractivity contribution in [3.8, 4) is 0 Å². The molecule has 2 aromatic rings. The molecule has 2 aliphatic rings. The molecule has 3 heterocycles. The standard InChI is InChI=1S/C18H23N5O/c24-17-5-8-19-13-23(17)11-14-6-9-22(10-7-14)18-15-3-1-2-4-16(15)20-12-21-18/h5,8,12-14H,1-4,6-7,9-11H2. The van der Waals surface area contributed by atoms with Crippen molar-refractivity contribution in [2.45, 2.75) is 45.1 Å². The van der Waals surface area contributed by atoms with Crippen molar-refractivity contribution in [1.82, 2.24) is 19.5 Å². The normalized spacial score (nSPS) is 18.4. The van der Waals surface area contributed by atoms with Crippen LogP contribution < -0.4 is 10.5 Å². The van der Waals surface area contributed by atoms with Gasteiger partial charge in [0.15, 0.2) is 0 Å². The van der Waals surface area contributed by atoms with Crippen molar-refractivity contribution in [2.24, 2.45) is 5.92 Å². The second kappa shape index (κ2) is 6.71. The molecule has 6 heteroatoms. The zero-order chi connectivity index (χ0) is 16.4. The summed E-state index contributed by atoms with van der Waals surface area (Å²) in [5.41, 5.74) is 2.65. The summed E-state index contributed by atoms with van der Waals surface area (Å²) in [4.78, 5) is 27.4. The Kier molecular flexibility index (Phi) is 4.28. The van der Waals surface area contributed by atoms with Crippen LogP contribution in [0.25, 0.3) is 0 Å². The fourth-order valence-electron chi connectivity index (χ4n) is 3.90. The van der Waals surface area contributed by atoms with Crippen LogP contribution in [0.3, 0.4) is 0 Å². The molecule has 4 rings (SSSR count). The predicted octanol–water partition coefficient (Wildman–Crippen LogP) is 1.83. The van der Waals surface area contributed by atoms with Crippen molar-refractivity contribution in [3.05, 3.63) is 46.5 Å². The van der Waals surface area contributed by atoms with Crippen LogP contribution in [0, 0.1) is 5.92 Å². The molecule has 0 bridgehead atoms. The summed E-state index contributed by atoms with van der Waals surface area (Å²) in [6, 6.07) is 1.53. The van der Waals surface area contributed by atoms with Gasteiger partial charge < -0.3 is 4.90 Å². The SMILES string of the molecule is O=c1ccncn1CC1CCN(c2ncnc3c2CCCC3)CC1. The Morgan fingerprint density at radius 3 is 2.79 bits per heavy atom. The Balaban J connectivity index is 1.43. The molecule has 0 unspecified atom stereocenters. The molecule has 2 aromatic heterocycles. The number of aromatic nitrogens is 4. The van der Waals surface area contributed by atoms with Crippen molar-refractivity contribution in [3.63, 3.8) is 0 Å². The van der Waals surface area contributed by atoms with Crippen LogP contribution in [0.4, 0.5) is 5.82 Å². The van der Waals surface area contributed by atoms with E-state index in [2.05, 4.69) is 19.9 Å². The van der Waals surface area contributed by atoms with E-state index < -0.39 is 0 Å². The van der Waals surface area contributed by atoms with Crippen LogP contribution in [-0.2, 0) is 19.4 Å². The number of nitrogens with zero attached hydrogens (tertiary/aromatic N) is 5. The Hall–Kier alpha value is -2.24. The van der Waals surface area contributed by atoms with Gasteiger partial charge in [0.1, 0.15) is 12.1 Å². The second-order valence-electron chi connectivity index (χ2n) is 6.83. The van der Waals surface area contributed by atoms with Crippen LogP contribution in [0.5, 0.6) is 0 Å². The summed E-state index contributed by atoms with van der Waals surface area (Å²) in [5.74, 6) is 1.68. The van der Waals surface area contributed by atoms with Crippen LogP contribution in [0.2, 0.25) is 0 Å². The third-order valence-corrected chi connectivity index (χ3v) is 5.26. The first-order valence-electron chi connectivity index (χ1n) is 8.89. The molecular weight excluding hydrogens is 302 g/mol. The van der Waals surface area contributed by atoms with E-state index in [0.717, 1.165) is 51.1 Å². The van der Waals surface area contributed by atoms with Gasteiger partial charge >= 0.3 is 0 Å². The molecule has 1 saturated heterocycles. The van der Waals surface area contributed by atoms with Crippen molar-refractivity contribution in [2.75, 3.05) is 18.0 Å². The molecule has 0 radical (unpaired) electrons. The number of anilines is 1. The lowest BCUT2D eigenvalue weighted by Crippen LogP contribution is -2.37. The maximum atomic E-state index is 11.8. The maximum Gasteiger partial charge on any atom is 0.253 e. The highest BCUT2D eigenvalue weighted by atomic mass is 16.1. The molecule has 6 nitrogen and oxygen atoms in total. The van der Waals surface area contributed by atoms with E-state index >= 15 is 0 Å². The maximum absolute atomic E-state index is 11.8. The first-order chi connectivity index (χ1) is 11.8. The van der Waals surface area contributed by atoms with Crippen LogP contribution in [0.1, 0.15) is 36.9 Å². The van der Waals surface area contributed by atoms with E-state index in [9.17, 15) is 4.79 Å². The van der Waals surface area contributed by atoms with Gasteiger partial charge in [-0.25, -0.2) is 15.0 Å². The summed E-state index contributed by atoms with van der Waals surface area (Å²) in [5, 5.41) is 0. The summed E-state index contributed by atoms with van der Waals surface area (Å²) in [7, 11) is 0. The first kappa shape index (κ1) is 15.3. The van der Waals surface area contributed by atoms with Crippen molar-refractivity contribution < 1.29 is 0 Å². The second-order valence-corrected chi connectivity index (χ2v) is 6.83. The van der Waals surface area contributed by atoms with E-state index in [1.807, 2.05) is 0 Å². The molecular formula is C18H23N5O. The fraction of sp³-hybridized carbons (Fsp3) is 0.556. The summed E-state index contributed by atoms with van der Waals surface area (Å²) in [6.07, 6.45) is 11.8. The number of piperidine rings is 1. The van der Waals surface area contributed by atoms with Gasteiger partial charge in [-0.3, -0.25) is 9.36 Å². The number of hydrogen-bond donors (Lipinski definition) is 0. The molecule has 0 saturated carbocycles. The number of fused-ring (bicyclic) bond motifs is 1. The Bertz CT molecular complexity index is 764. The van der Waals surface area contributed by atoms with Gasteiger partial charge in [-0.2, -0.15) is 0 Å². The largest absolute Gasteiger partial charge is 0.356 e. The topological polar surface area (TPSA) is 63.9 Å². The van der Waals surface area contributed by atoms with Crippen molar-refractivity contribution in [1.29, 1.82) is 0 Å². The van der Waals surface area contributed by atoms with E-state index in [-0.39, 0.29) is 5.56 Å². The minimum absolute atomic E-state index is 0.0392.